The van der Waals surface area contributed by atoms with E-state index in [2.05, 4.69) is 47.2 Å². The van der Waals surface area contributed by atoms with Crippen LogP contribution >= 0.6 is 38.5 Å². The van der Waals surface area contributed by atoms with Gasteiger partial charge in [-0.1, -0.05) is 48.8 Å². The number of halogens is 2. The van der Waals surface area contributed by atoms with Gasteiger partial charge in [-0.25, -0.2) is 5.43 Å². The summed E-state index contributed by atoms with van der Waals surface area (Å²) in [5.74, 6) is 0.351. The van der Waals surface area contributed by atoms with Crippen molar-refractivity contribution >= 4 is 50.6 Å². The maximum Gasteiger partial charge on any atom is 0.277 e. The molecule has 2 aromatic carbocycles. The van der Waals surface area contributed by atoms with Crippen molar-refractivity contribution in [1.82, 2.24) is 5.43 Å². The number of benzene rings is 2. The summed E-state index contributed by atoms with van der Waals surface area (Å²) in [5, 5.41) is 13.8. The minimum absolute atomic E-state index is 0.0699. The molecule has 2 rings (SSSR count). The molecule has 0 fully saturated rings. The van der Waals surface area contributed by atoms with Crippen molar-refractivity contribution in [3.63, 3.8) is 0 Å². The summed E-state index contributed by atoms with van der Waals surface area (Å²) in [6, 6.07) is 11.2. The van der Waals surface area contributed by atoms with Crippen LogP contribution in [0.15, 0.2) is 46.0 Å². The van der Waals surface area contributed by atoms with Gasteiger partial charge < -0.3 is 9.84 Å². The van der Waals surface area contributed by atoms with Crippen LogP contribution in [-0.2, 0) is 10.2 Å². The fourth-order valence-electron chi connectivity index (χ4n) is 2.09. The lowest BCUT2D eigenvalue weighted by Gasteiger charge is -2.19. The van der Waals surface area contributed by atoms with Gasteiger partial charge in [0.15, 0.2) is 6.61 Å². The van der Waals surface area contributed by atoms with Gasteiger partial charge in [0, 0.05) is 10.0 Å². The number of ether oxygens (including phenoxy) is 1. The molecule has 0 bridgehead atoms. The number of nitrogens with one attached hydrogen (secondary N) is 1. The Bertz CT molecular complexity index is 815. The molecule has 0 aliphatic heterocycles. The van der Waals surface area contributed by atoms with Crippen LogP contribution in [0.4, 0.5) is 0 Å². The van der Waals surface area contributed by atoms with Crippen molar-refractivity contribution in [3.8, 4) is 11.5 Å². The van der Waals surface area contributed by atoms with Gasteiger partial charge in [0.1, 0.15) is 11.5 Å². The standard InChI is InChI=1S/C19H20BrIN2O3/c1-19(2,3)13-4-6-15(7-5-13)26-11-17(24)23-22-10-12-8-14(20)9-16(21)18(12)25/h4-10,25H,11H2,1-3H3,(H,23,24)/b22-10-. The van der Waals surface area contributed by atoms with E-state index < -0.39 is 0 Å². The highest BCUT2D eigenvalue weighted by Crippen LogP contribution is 2.27. The van der Waals surface area contributed by atoms with E-state index in [1.807, 2.05) is 46.9 Å². The zero-order valence-corrected chi connectivity index (χ0v) is 18.5. The molecular weight excluding hydrogens is 511 g/mol. The lowest BCUT2D eigenvalue weighted by Crippen LogP contribution is -2.24. The zero-order valence-electron chi connectivity index (χ0n) is 14.7. The maximum atomic E-state index is 11.8. The molecule has 1 amide bonds. The number of hydrazone groups is 1. The van der Waals surface area contributed by atoms with Crippen molar-refractivity contribution in [2.45, 2.75) is 26.2 Å². The van der Waals surface area contributed by atoms with Gasteiger partial charge in [0.05, 0.1) is 9.78 Å². The lowest BCUT2D eigenvalue weighted by molar-refractivity contribution is -0.123. The number of phenols is 1. The SMILES string of the molecule is CC(C)(C)c1ccc(OCC(=O)N/N=C\c2cc(Br)cc(I)c2O)cc1. The molecule has 0 spiro atoms. The van der Waals surface area contributed by atoms with Crippen molar-refractivity contribution < 1.29 is 14.6 Å². The third kappa shape index (κ3) is 5.98. The first-order chi connectivity index (χ1) is 12.2. The topological polar surface area (TPSA) is 70.9 Å². The van der Waals surface area contributed by atoms with E-state index in [1.54, 1.807) is 12.1 Å². The van der Waals surface area contributed by atoms with E-state index in [-0.39, 0.29) is 23.7 Å². The first-order valence-corrected chi connectivity index (χ1v) is 9.77. The Balaban J connectivity index is 1.88. The molecule has 2 N–H and O–H groups in total. The van der Waals surface area contributed by atoms with Crippen LogP contribution in [0.3, 0.4) is 0 Å². The molecule has 2 aromatic rings. The fourth-order valence-corrected chi connectivity index (χ4v) is 3.64. The first kappa shape index (κ1) is 20.7. The number of amides is 1. The molecule has 0 aliphatic rings. The Labute approximate surface area is 175 Å². The predicted molar refractivity (Wildman–Crippen MR) is 115 cm³/mol. The number of hydrogen-bond acceptors (Lipinski definition) is 4. The number of rotatable bonds is 5. The van der Waals surface area contributed by atoms with E-state index in [0.717, 1.165) is 4.47 Å². The summed E-state index contributed by atoms with van der Waals surface area (Å²) in [5.41, 5.74) is 4.15. The van der Waals surface area contributed by atoms with Crippen molar-refractivity contribution in [2.75, 3.05) is 6.61 Å². The summed E-state index contributed by atoms with van der Waals surface area (Å²) in [4.78, 5) is 11.8. The normalized spacial score (nSPS) is 11.6. The molecule has 0 aliphatic carbocycles. The number of aromatic hydroxyl groups is 1. The first-order valence-electron chi connectivity index (χ1n) is 7.90. The van der Waals surface area contributed by atoms with Crippen LogP contribution in [0.5, 0.6) is 11.5 Å². The van der Waals surface area contributed by atoms with Gasteiger partial charge in [-0.15, -0.1) is 0 Å². The predicted octanol–water partition coefficient (Wildman–Crippen LogP) is 4.59. The van der Waals surface area contributed by atoms with Crippen LogP contribution in [-0.4, -0.2) is 23.8 Å². The Morgan fingerprint density at radius 1 is 1.31 bits per heavy atom. The molecule has 5 nitrogen and oxygen atoms in total. The summed E-state index contributed by atoms with van der Waals surface area (Å²) in [6.07, 6.45) is 1.39. The van der Waals surface area contributed by atoms with Gasteiger partial charge >= 0.3 is 0 Å². The number of hydrogen-bond donors (Lipinski definition) is 2. The minimum Gasteiger partial charge on any atom is -0.506 e. The lowest BCUT2D eigenvalue weighted by atomic mass is 9.87. The minimum atomic E-state index is -0.384. The molecule has 26 heavy (non-hydrogen) atoms. The van der Waals surface area contributed by atoms with E-state index >= 15 is 0 Å². The Hall–Kier alpha value is -1.61. The average Bonchev–Trinajstić information content (AvgIpc) is 2.57. The third-order valence-electron chi connectivity index (χ3n) is 3.54. The molecule has 0 aromatic heterocycles. The van der Waals surface area contributed by atoms with Gasteiger partial charge in [-0.05, 0) is 57.8 Å². The fraction of sp³-hybridized carbons (Fsp3) is 0.263. The summed E-state index contributed by atoms with van der Waals surface area (Å²) < 4.78 is 6.96. The largest absolute Gasteiger partial charge is 0.506 e. The Morgan fingerprint density at radius 2 is 1.96 bits per heavy atom. The monoisotopic (exact) mass is 530 g/mol. The average molecular weight is 531 g/mol. The quantitative estimate of drug-likeness (QED) is 0.337. The molecule has 0 saturated heterocycles. The van der Waals surface area contributed by atoms with Crippen LogP contribution in [0.1, 0.15) is 31.9 Å². The second kappa shape index (κ2) is 8.85. The summed E-state index contributed by atoms with van der Waals surface area (Å²) >= 11 is 5.37. The van der Waals surface area contributed by atoms with Crippen LogP contribution < -0.4 is 10.2 Å². The Kier molecular flexibility index (Phi) is 7.05. The van der Waals surface area contributed by atoms with E-state index in [1.165, 1.54) is 11.8 Å². The zero-order chi connectivity index (χ0) is 19.3. The molecule has 0 atom stereocenters. The number of carbonyl (C=O) groups excluding carboxylic acids is 1. The highest BCUT2D eigenvalue weighted by molar-refractivity contribution is 14.1. The van der Waals surface area contributed by atoms with Crippen LogP contribution in [0.25, 0.3) is 0 Å². The molecule has 0 heterocycles. The maximum absolute atomic E-state index is 11.8. The number of nitrogens with zero attached hydrogens (tertiary/aromatic N) is 1. The summed E-state index contributed by atoms with van der Waals surface area (Å²) in [7, 11) is 0. The molecular formula is C19H20BrIN2O3. The van der Waals surface area contributed by atoms with Crippen LogP contribution in [0.2, 0.25) is 0 Å². The van der Waals surface area contributed by atoms with E-state index in [9.17, 15) is 9.90 Å². The second-order valence-electron chi connectivity index (χ2n) is 6.68. The van der Waals surface area contributed by atoms with Gasteiger partial charge in [-0.2, -0.15) is 5.10 Å². The molecule has 0 saturated carbocycles. The smallest absolute Gasteiger partial charge is 0.277 e. The second-order valence-corrected chi connectivity index (χ2v) is 8.76. The van der Waals surface area contributed by atoms with Crippen molar-refractivity contribution in [2.24, 2.45) is 5.10 Å². The molecule has 138 valence electrons. The number of phenolic OH excluding ortho intramolecular Hbond substituents is 1. The van der Waals surface area contributed by atoms with Gasteiger partial charge in [0.2, 0.25) is 0 Å². The van der Waals surface area contributed by atoms with Gasteiger partial charge in [0.25, 0.3) is 5.91 Å². The number of carbonyl (C=O) groups is 1. The summed E-state index contributed by atoms with van der Waals surface area (Å²) in [6.45, 7) is 6.27. The van der Waals surface area contributed by atoms with E-state index in [0.29, 0.717) is 14.9 Å². The molecule has 0 unspecified atom stereocenters. The highest BCUT2D eigenvalue weighted by Gasteiger charge is 2.13. The Morgan fingerprint density at radius 3 is 2.58 bits per heavy atom. The van der Waals surface area contributed by atoms with Gasteiger partial charge in [-0.3, -0.25) is 4.79 Å². The van der Waals surface area contributed by atoms with Crippen molar-refractivity contribution in [3.05, 3.63) is 55.6 Å². The third-order valence-corrected chi connectivity index (χ3v) is 4.82. The van der Waals surface area contributed by atoms with Crippen LogP contribution in [0, 0.1) is 3.57 Å². The molecule has 0 radical (unpaired) electrons. The highest BCUT2D eigenvalue weighted by atomic mass is 127. The van der Waals surface area contributed by atoms with Crippen molar-refractivity contribution in [1.29, 1.82) is 0 Å². The van der Waals surface area contributed by atoms with E-state index in [4.69, 9.17) is 4.74 Å². The molecule has 7 heteroatoms.